The van der Waals surface area contributed by atoms with E-state index in [0.29, 0.717) is 10.6 Å². The fraction of sp³-hybridized carbons (Fsp3) is 0.259. The van der Waals surface area contributed by atoms with E-state index in [0.717, 1.165) is 4.31 Å². The number of anilines is 1. The minimum atomic E-state index is -4.24. The molecule has 7 nitrogen and oxygen atoms in total. The lowest BCUT2D eigenvalue weighted by molar-refractivity contribution is -0.139. The van der Waals surface area contributed by atoms with E-state index in [-0.39, 0.29) is 28.2 Å². The number of nitrogens with one attached hydrogen (secondary N) is 1. The number of halogens is 3. The average molecular weight is 581 g/mol. The lowest BCUT2D eigenvalue weighted by Gasteiger charge is -2.32. The Labute approximate surface area is 232 Å². The van der Waals surface area contributed by atoms with Crippen LogP contribution in [0.25, 0.3) is 0 Å². The molecule has 1 atom stereocenters. The molecule has 0 unspecified atom stereocenters. The number of hydrogen-bond donors (Lipinski definition) is 1. The van der Waals surface area contributed by atoms with E-state index < -0.39 is 40.2 Å². The third-order valence-corrected chi connectivity index (χ3v) is 7.92. The quantitative estimate of drug-likeness (QED) is 0.354. The molecule has 3 rings (SSSR count). The van der Waals surface area contributed by atoms with Crippen LogP contribution in [0.2, 0.25) is 10.0 Å². The van der Waals surface area contributed by atoms with E-state index in [1.165, 1.54) is 65.6 Å². The number of hydrogen-bond acceptors (Lipinski definition) is 4. The molecular formula is C27H28Cl2FN3O4S. The first-order chi connectivity index (χ1) is 17.9. The van der Waals surface area contributed by atoms with Gasteiger partial charge in [-0.25, -0.2) is 12.8 Å². The topological polar surface area (TPSA) is 86.8 Å². The van der Waals surface area contributed by atoms with Crippen LogP contribution in [-0.4, -0.2) is 43.8 Å². The molecule has 0 aliphatic heterocycles. The molecule has 0 fully saturated rings. The van der Waals surface area contributed by atoms with Crippen molar-refractivity contribution in [3.8, 4) is 0 Å². The second-order valence-electron chi connectivity index (χ2n) is 8.93. The minimum Gasteiger partial charge on any atom is -0.352 e. The molecule has 38 heavy (non-hydrogen) atoms. The maximum Gasteiger partial charge on any atom is 0.264 e. The van der Waals surface area contributed by atoms with Gasteiger partial charge in [0, 0.05) is 22.6 Å². The molecule has 0 saturated carbocycles. The van der Waals surface area contributed by atoms with E-state index in [2.05, 4.69) is 5.32 Å². The largest absolute Gasteiger partial charge is 0.352 e. The van der Waals surface area contributed by atoms with E-state index >= 15 is 0 Å². The average Bonchev–Trinajstić information content (AvgIpc) is 2.86. The van der Waals surface area contributed by atoms with E-state index in [9.17, 15) is 22.4 Å². The summed E-state index contributed by atoms with van der Waals surface area (Å²) in [6.45, 7) is 4.46. The van der Waals surface area contributed by atoms with Crippen LogP contribution < -0.4 is 9.62 Å². The van der Waals surface area contributed by atoms with Crippen LogP contribution >= 0.6 is 23.2 Å². The third-order valence-electron chi connectivity index (χ3n) is 5.64. The van der Waals surface area contributed by atoms with Crippen molar-refractivity contribution in [2.75, 3.05) is 10.8 Å². The van der Waals surface area contributed by atoms with Crippen molar-refractivity contribution in [2.45, 2.75) is 44.3 Å². The zero-order valence-electron chi connectivity index (χ0n) is 21.1. The molecule has 3 aromatic carbocycles. The number of benzene rings is 3. The molecule has 0 bridgehead atoms. The second-order valence-corrected chi connectivity index (χ2v) is 11.7. The predicted molar refractivity (Wildman–Crippen MR) is 147 cm³/mol. The van der Waals surface area contributed by atoms with Gasteiger partial charge in [-0.15, -0.1) is 0 Å². The summed E-state index contributed by atoms with van der Waals surface area (Å²) in [6.07, 6.45) is 0. The van der Waals surface area contributed by atoms with Gasteiger partial charge in [0.25, 0.3) is 10.0 Å². The van der Waals surface area contributed by atoms with Gasteiger partial charge < -0.3 is 10.2 Å². The van der Waals surface area contributed by atoms with E-state index in [1.54, 1.807) is 32.9 Å². The van der Waals surface area contributed by atoms with Crippen LogP contribution in [0, 0.1) is 5.82 Å². The molecule has 0 aliphatic carbocycles. The van der Waals surface area contributed by atoms with Crippen LogP contribution in [0.15, 0.2) is 77.7 Å². The molecule has 0 saturated heterocycles. The van der Waals surface area contributed by atoms with E-state index in [4.69, 9.17) is 23.2 Å². The molecule has 11 heteroatoms. The van der Waals surface area contributed by atoms with E-state index in [1.807, 2.05) is 0 Å². The highest BCUT2D eigenvalue weighted by molar-refractivity contribution is 7.92. The number of amides is 2. The Balaban J connectivity index is 2.03. The number of sulfonamides is 1. The van der Waals surface area contributed by atoms with Crippen molar-refractivity contribution in [1.82, 2.24) is 10.2 Å². The number of nitrogens with zero attached hydrogens (tertiary/aromatic N) is 2. The van der Waals surface area contributed by atoms with Crippen molar-refractivity contribution >= 4 is 50.7 Å². The molecule has 202 valence electrons. The molecule has 0 heterocycles. The summed E-state index contributed by atoms with van der Waals surface area (Å²) >= 11 is 12.1. The molecule has 1 N–H and O–H groups in total. The highest BCUT2D eigenvalue weighted by atomic mass is 35.5. The Morgan fingerprint density at radius 3 is 2.13 bits per heavy atom. The number of carbonyl (C=O) groups excluding carboxylic acids is 2. The lowest BCUT2D eigenvalue weighted by Crippen LogP contribution is -2.52. The van der Waals surface area contributed by atoms with Crippen molar-refractivity contribution in [3.63, 3.8) is 0 Å². The smallest absolute Gasteiger partial charge is 0.264 e. The van der Waals surface area contributed by atoms with Gasteiger partial charge in [-0.05, 0) is 80.9 Å². The van der Waals surface area contributed by atoms with Crippen molar-refractivity contribution in [2.24, 2.45) is 0 Å². The first-order valence-corrected chi connectivity index (χ1v) is 14.0. The Morgan fingerprint density at radius 2 is 1.55 bits per heavy atom. The fourth-order valence-electron chi connectivity index (χ4n) is 3.67. The predicted octanol–water partition coefficient (Wildman–Crippen LogP) is 5.27. The zero-order valence-corrected chi connectivity index (χ0v) is 23.4. The number of carbonyl (C=O) groups is 2. The number of rotatable bonds is 10. The molecule has 0 aliphatic rings. The summed E-state index contributed by atoms with van der Waals surface area (Å²) in [4.78, 5) is 27.8. The molecule has 0 radical (unpaired) electrons. The maximum atomic E-state index is 13.8. The molecule has 0 spiro atoms. The standard InChI is InChI=1S/C27H28Cl2FN3O4S/c1-18(2)31-27(35)19(3)32(16-20-7-11-23(30)12-8-20)26(34)17-33(24-6-4-5-22(29)15-24)38(36,37)25-13-9-21(28)10-14-25/h4-15,18-19H,16-17H2,1-3H3,(H,31,35)/t19-/m1/s1. The summed E-state index contributed by atoms with van der Waals surface area (Å²) in [5.74, 6) is -1.50. The molecular weight excluding hydrogens is 552 g/mol. The molecule has 3 aromatic rings. The normalized spacial score (nSPS) is 12.2. The van der Waals surface area contributed by atoms with Crippen molar-refractivity contribution in [1.29, 1.82) is 0 Å². The SMILES string of the molecule is CC(C)NC(=O)[C@@H](C)N(Cc1ccc(F)cc1)C(=O)CN(c1cccc(Cl)c1)S(=O)(=O)c1ccc(Cl)cc1. The van der Waals surface area contributed by atoms with Crippen molar-refractivity contribution < 1.29 is 22.4 Å². The van der Waals surface area contributed by atoms with Crippen molar-refractivity contribution in [3.05, 3.63) is 94.2 Å². The van der Waals surface area contributed by atoms with Crippen LogP contribution in [0.3, 0.4) is 0 Å². The highest BCUT2D eigenvalue weighted by Crippen LogP contribution is 2.27. The van der Waals surface area contributed by atoms with Gasteiger partial charge in [0.1, 0.15) is 18.4 Å². The summed E-state index contributed by atoms with van der Waals surface area (Å²) in [5.41, 5.74) is 0.737. The Bertz CT molecular complexity index is 1380. The van der Waals surface area contributed by atoms with Gasteiger partial charge >= 0.3 is 0 Å². The summed E-state index contributed by atoms with van der Waals surface area (Å²) in [7, 11) is -4.24. The highest BCUT2D eigenvalue weighted by Gasteiger charge is 2.32. The van der Waals surface area contributed by atoms with Gasteiger partial charge in [0.2, 0.25) is 11.8 Å². The van der Waals surface area contributed by atoms with Gasteiger partial charge in [-0.1, -0.05) is 41.4 Å². The van der Waals surface area contributed by atoms with Gasteiger partial charge in [-0.2, -0.15) is 0 Å². The second kappa shape index (κ2) is 12.6. The van der Waals surface area contributed by atoms with Crippen LogP contribution in [-0.2, 0) is 26.2 Å². The Kier molecular flexibility index (Phi) is 9.76. The first kappa shape index (κ1) is 29.4. The maximum absolute atomic E-state index is 13.8. The van der Waals surface area contributed by atoms with Gasteiger partial charge in [-0.3, -0.25) is 13.9 Å². The van der Waals surface area contributed by atoms with Crippen LogP contribution in [0.5, 0.6) is 0 Å². The van der Waals surface area contributed by atoms with Gasteiger partial charge in [0.05, 0.1) is 10.6 Å². The summed E-state index contributed by atoms with van der Waals surface area (Å²) < 4.78 is 41.8. The Hall–Kier alpha value is -3.14. The third kappa shape index (κ3) is 7.46. The van der Waals surface area contributed by atoms with Crippen LogP contribution in [0.1, 0.15) is 26.3 Å². The van der Waals surface area contributed by atoms with Gasteiger partial charge in [0.15, 0.2) is 0 Å². The monoisotopic (exact) mass is 579 g/mol. The zero-order chi connectivity index (χ0) is 28.0. The van der Waals surface area contributed by atoms with Crippen LogP contribution in [0.4, 0.5) is 10.1 Å². The Morgan fingerprint density at radius 1 is 0.921 bits per heavy atom. The summed E-state index contributed by atoms with van der Waals surface area (Å²) in [6, 6.07) is 16.0. The minimum absolute atomic E-state index is 0.0455. The molecule has 2 amide bonds. The molecule has 0 aromatic heterocycles. The lowest BCUT2D eigenvalue weighted by atomic mass is 10.1. The fourth-order valence-corrected chi connectivity index (χ4v) is 5.38. The first-order valence-electron chi connectivity index (χ1n) is 11.8. The summed E-state index contributed by atoms with van der Waals surface area (Å²) in [5, 5.41) is 3.40.